The van der Waals surface area contributed by atoms with E-state index in [9.17, 15) is 1.37 Å². The molecule has 29 heavy (non-hydrogen) atoms. The van der Waals surface area contributed by atoms with Crippen LogP contribution in [0.1, 0.15) is 96.1 Å². The highest BCUT2D eigenvalue weighted by atomic mass is 32.1. The van der Waals surface area contributed by atoms with Crippen LogP contribution in [0, 0.1) is 46.3 Å². The minimum absolute atomic E-state index is 0.212. The Bertz CT molecular complexity index is 725. The first-order valence-corrected chi connectivity index (χ1v) is 13.6. The van der Waals surface area contributed by atoms with Crippen LogP contribution in [0.15, 0.2) is 11.4 Å². The van der Waals surface area contributed by atoms with E-state index in [1.807, 2.05) is 11.3 Å². The lowest BCUT2D eigenvalue weighted by atomic mass is 9.38. The Labute approximate surface area is 182 Å². The quantitative estimate of drug-likeness (QED) is 0.483. The maximum atomic E-state index is 10.8. The van der Waals surface area contributed by atoms with E-state index in [0.717, 1.165) is 47.9 Å². The molecule has 9 rings (SSSR count). The monoisotopic (exact) mass is 411 g/mol. The zero-order chi connectivity index (χ0) is 20.1. The fourth-order valence-corrected chi connectivity index (χ4v) is 11.7. The fraction of sp³-hybridized carbons (Fsp3) is 0.852. The molecule has 8 aliphatic rings. The summed E-state index contributed by atoms with van der Waals surface area (Å²) < 4.78 is 17.0. The highest BCUT2D eigenvalue weighted by Gasteiger charge is 2.63. The molecule has 8 fully saturated rings. The van der Waals surface area contributed by atoms with Gasteiger partial charge >= 0.3 is 0 Å². The van der Waals surface area contributed by atoms with Crippen molar-refractivity contribution in [3.05, 3.63) is 16.3 Å². The second kappa shape index (κ2) is 6.27. The van der Waals surface area contributed by atoms with Crippen LogP contribution in [-0.2, 0) is 0 Å². The van der Waals surface area contributed by atoms with E-state index in [1.54, 1.807) is 0 Å². The second-order valence-electron chi connectivity index (χ2n) is 12.3. The maximum absolute atomic E-state index is 10.8. The highest BCUT2D eigenvalue weighted by molar-refractivity contribution is 7.10. The van der Waals surface area contributed by atoms with Crippen molar-refractivity contribution in [1.82, 2.24) is 0 Å². The molecule has 0 aromatic carbocycles. The first-order valence-electron chi connectivity index (χ1n) is 13.2. The van der Waals surface area contributed by atoms with Gasteiger partial charge in [0, 0.05) is 7.26 Å². The van der Waals surface area contributed by atoms with Crippen LogP contribution in [0.5, 0.6) is 5.75 Å². The summed E-state index contributed by atoms with van der Waals surface area (Å²) in [7, 11) is 0. The van der Waals surface area contributed by atoms with Gasteiger partial charge in [-0.3, -0.25) is 0 Å². The van der Waals surface area contributed by atoms with Crippen LogP contribution in [-0.4, -0.2) is 6.61 Å². The molecule has 8 saturated carbocycles. The average Bonchev–Trinajstić information content (AvgIpc) is 3.14. The minimum Gasteiger partial charge on any atom is -0.493 e. The molecule has 0 amide bonds. The normalized spacial score (nSPS) is 51.8. The van der Waals surface area contributed by atoms with Crippen molar-refractivity contribution in [2.75, 3.05) is 6.61 Å². The number of hydrogen-bond acceptors (Lipinski definition) is 2. The van der Waals surface area contributed by atoms with E-state index in [-0.39, 0.29) is 10.8 Å². The second-order valence-corrected chi connectivity index (χ2v) is 13.2. The van der Waals surface area contributed by atoms with Gasteiger partial charge in [0.25, 0.3) is 0 Å². The zero-order valence-corrected chi connectivity index (χ0v) is 18.9. The molecule has 0 unspecified atom stereocenters. The molecular weight excluding hydrogens is 372 g/mol. The molecule has 2 heteroatoms. The van der Waals surface area contributed by atoms with Crippen molar-refractivity contribution < 1.29 is 6.11 Å². The summed E-state index contributed by atoms with van der Waals surface area (Å²) in [5.41, 5.74) is 0.425. The van der Waals surface area contributed by atoms with Gasteiger partial charge in [-0.15, -0.1) is 11.3 Å². The Balaban J connectivity index is 1.42. The fourth-order valence-electron chi connectivity index (χ4n) is 10.6. The van der Waals surface area contributed by atoms with Crippen LogP contribution < -0.4 is 4.74 Å². The molecule has 1 aromatic heterocycles. The lowest BCUT2D eigenvalue weighted by molar-refractivity contribution is -0.143. The van der Waals surface area contributed by atoms with Crippen molar-refractivity contribution in [3.63, 3.8) is 0 Å². The molecule has 0 aliphatic heterocycles. The van der Waals surface area contributed by atoms with Crippen molar-refractivity contribution in [2.45, 2.75) is 89.9 Å². The smallest absolute Gasteiger partial charge is 0.133 e. The third kappa shape index (κ3) is 2.63. The molecule has 0 N–H and O–H groups in total. The summed E-state index contributed by atoms with van der Waals surface area (Å²) in [6, 6.07) is 2.20. The zero-order valence-electron chi connectivity index (χ0n) is 19.1. The number of hydrogen-bond donors (Lipinski definition) is 0. The largest absolute Gasteiger partial charge is 0.493 e. The Hall–Kier alpha value is -0.500. The Morgan fingerprint density at radius 2 is 1.28 bits per heavy atom. The Morgan fingerprint density at radius 1 is 0.862 bits per heavy atom. The van der Waals surface area contributed by atoms with Crippen molar-refractivity contribution in [3.8, 4) is 5.75 Å². The number of thiophene rings is 1. The molecule has 0 spiro atoms. The van der Waals surface area contributed by atoms with Gasteiger partial charge in [0.2, 0.25) is 0 Å². The van der Waals surface area contributed by atoms with Gasteiger partial charge < -0.3 is 4.74 Å². The first kappa shape index (κ1) is 17.1. The lowest BCUT2D eigenvalue weighted by Crippen LogP contribution is -2.57. The van der Waals surface area contributed by atoms with Gasteiger partial charge in [-0.05, 0) is 142 Å². The van der Waals surface area contributed by atoms with Crippen LogP contribution in [0.25, 0.3) is 0 Å². The minimum atomic E-state index is -0.426. The molecular formula is C27H38OS. The van der Waals surface area contributed by atoms with Crippen molar-refractivity contribution in [1.29, 1.82) is 0 Å². The predicted octanol–water partition coefficient (Wildman–Crippen LogP) is 7.66. The molecule has 1 aromatic rings. The molecule has 8 aliphatic carbocycles. The molecule has 0 saturated heterocycles. The summed E-state index contributed by atoms with van der Waals surface area (Å²) >= 11 is 1.88. The van der Waals surface area contributed by atoms with Crippen molar-refractivity contribution in [2.24, 2.45) is 46.3 Å². The van der Waals surface area contributed by atoms with E-state index in [0.29, 0.717) is 0 Å². The van der Waals surface area contributed by atoms with E-state index in [1.165, 1.54) is 81.9 Å². The molecule has 0 radical (unpaired) electrons. The van der Waals surface area contributed by atoms with E-state index in [4.69, 9.17) is 4.74 Å². The topological polar surface area (TPSA) is 9.23 Å². The number of ether oxygens (including phenoxy) is 1. The van der Waals surface area contributed by atoms with Gasteiger partial charge in [-0.2, -0.15) is 0 Å². The molecule has 158 valence electrons. The van der Waals surface area contributed by atoms with Crippen LogP contribution in [0.4, 0.5) is 0 Å². The summed E-state index contributed by atoms with van der Waals surface area (Å²) in [4.78, 5) is 1.34. The summed E-state index contributed by atoms with van der Waals surface area (Å²) in [6.45, 7) is 2.84. The summed E-state index contributed by atoms with van der Waals surface area (Å²) in [6.07, 6.45) is 16.9. The Kier molecular flexibility index (Phi) is 3.70. The lowest BCUT2D eigenvalue weighted by Gasteiger charge is -2.67. The van der Waals surface area contributed by atoms with Crippen LogP contribution in [0.3, 0.4) is 0 Å². The third-order valence-electron chi connectivity index (χ3n) is 10.3. The van der Waals surface area contributed by atoms with Gasteiger partial charge in [-0.25, -0.2) is 0 Å². The molecule has 1 nitrogen and oxygen atoms in total. The number of rotatable bonds is 5. The van der Waals surface area contributed by atoms with Gasteiger partial charge in [0.1, 0.15) is 5.75 Å². The summed E-state index contributed by atoms with van der Waals surface area (Å²) in [5.74, 6) is 6.09. The first-order chi connectivity index (χ1) is 14.5. The van der Waals surface area contributed by atoms with E-state index in [2.05, 4.69) is 18.4 Å². The van der Waals surface area contributed by atoms with E-state index >= 15 is 0 Å². The van der Waals surface area contributed by atoms with Gasteiger partial charge in [0.05, 0.1) is 11.5 Å². The third-order valence-corrected chi connectivity index (χ3v) is 11.2. The Morgan fingerprint density at radius 3 is 1.66 bits per heavy atom. The predicted molar refractivity (Wildman–Crippen MR) is 119 cm³/mol. The van der Waals surface area contributed by atoms with Crippen LogP contribution >= 0.6 is 11.3 Å². The average molecular weight is 412 g/mol. The molecule has 1 heterocycles. The maximum Gasteiger partial charge on any atom is 0.133 e. The van der Waals surface area contributed by atoms with E-state index < -0.39 is 5.89 Å². The molecule has 8 bridgehead atoms. The van der Waals surface area contributed by atoms with Crippen molar-refractivity contribution >= 4 is 11.3 Å². The molecule has 0 atom stereocenters. The van der Waals surface area contributed by atoms with Gasteiger partial charge in [0.15, 0.2) is 0 Å². The SMILES string of the molecule is [2H]C(c1sccc1OCC)(C12CC3CC(CC(C3)C1)C2)C12CC3CC(CC(C3)C1)C2. The van der Waals surface area contributed by atoms with Crippen LogP contribution in [0.2, 0.25) is 0 Å². The summed E-state index contributed by atoms with van der Waals surface area (Å²) in [5, 5.41) is 2.24. The van der Waals surface area contributed by atoms with Gasteiger partial charge in [-0.1, -0.05) is 0 Å². The standard InChI is InChI=1S/C27H38OS/c1-2-28-23-3-4-29-24(23)25(26-11-17-5-18(12-26)7-19(6-17)13-26)27-14-20-8-21(15-27)10-22(9-20)16-27/h3-4,17-22,25H,2,5-16H2,1H3/i25D. The highest BCUT2D eigenvalue weighted by Crippen LogP contribution is 2.74.